The fourth-order valence-corrected chi connectivity index (χ4v) is 0. The number of rotatable bonds is 0. The summed E-state index contributed by atoms with van der Waals surface area (Å²) >= 11 is 4.36. The Kier molecular flexibility index (Phi) is 1.79. The highest BCUT2D eigenvalue weighted by atomic mass is 79.9. The molecule has 0 aromatic heterocycles. The summed E-state index contributed by atoms with van der Waals surface area (Å²) in [6.07, 6.45) is 0. The van der Waals surface area contributed by atoms with Crippen LogP contribution in [0.15, 0.2) is 0 Å². The molecule has 1 N–H and O–H groups in total. The first kappa shape index (κ1) is 5.85. The SMILES string of the molecule is OC(F)(Br)Br. The third-order valence-corrected chi connectivity index (χ3v) is 0. The van der Waals surface area contributed by atoms with Gasteiger partial charge in [-0.2, -0.15) is 4.39 Å². The Morgan fingerprint density at radius 2 is 1.60 bits per heavy atom. The molecule has 0 aliphatic heterocycles. The molecule has 0 radical (unpaired) electrons. The number of aliphatic hydroxyl groups is 1. The van der Waals surface area contributed by atoms with Gasteiger partial charge in [0.1, 0.15) is 0 Å². The molecule has 0 bridgehead atoms. The second-order valence-corrected chi connectivity index (χ2v) is 3.63. The molecule has 0 atom stereocenters. The van der Waals surface area contributed by atoms with Crippen LogP contribution in [-0.4, -0.2) is 8.78 Å². The molecule has 5 heavy (non-hydrogen) atoms. The smallest absolute Gasteiger partial charge is 0.319 e. The molecule has 0 heterocycles. The maximum Gasteiger partial charge on any atom is 0.319 e. The highest BCUT2D eigenvalue weighted by Gasteiger charge is 2.11. The van der Waals surface area contributed by atoms with Crippen LogP contribution in [0, 0.1) is 0 Å². The highest BCUT2D eigenvalue weighted by molar-refractivity contribution is 9.25. The van der Waals surface area contributed by atoms with Gasteiger partial charge in [-0.1, -0.05) is 0 Å². The normalized spacial score (nSPS) is 12.0. The molecule has 4 heteroatoms. The van der Waals surface area contributed by atoms with Crippen molar-refractivity contribution in [3.8, 4) is 0 Å². The second kappa shape index (κ2) is 1.53. The van der Waals surface area contributed by atoms with Crippen molar-refractivity contribution < 1.29 is 9.50 Å². The average Bonchev–Trinajstić information content (AvgIpc) is 0.722. The summed E-state index contributed by atoms with van der Waals surface area (Å²) in [5.41, 5.74) is 0. The number of hydrogen-bond donors (Lipinski definition) is 1. The average molecular weight is 208 g/mol. The molecule has 0 saturated carbocycles. The van der Waals surface area contributed by atoms with Crippen molar-refractivity contribution >= 4 is 31.9 Å². The van der Waals surface area contributed by atoms with Crippen molar-refractivity contribution in [3.05, 3.63) is 0 Å². The number of hydrogen-bond acceptors (Lipinski definition) is 1. The predicted molar refractivity (Wildman–Crippen MR) is 23.9 cm³/mol. The first-order chi connectivity index (χ1) is 2.00. The zero-order chi connectivity index (χ0) is 4.50. The fourth-order valence-electron chi connectivity index (χ4n) is 0. The molecule has 0 rings (SSSR count). The van der Waals surface area contributed by atoms with E-state index in [0.29, 0.717) is 0 Å². The van der Waals surface area contributed by atoms with E-state index in [9.17, 15) is 4.39 Å². The molecule has 0 aliphatic carbocycles. The Labute approximate surface area is 45.4 Å². The minimum Gasteiger partial charge on any atom is -0.345 e. The van der Waals surface area contributed by atoms with Gasteiger partial charge >= 0.3 is 3.67 Å². The molecular formula is CHBr2FO. The van der Waals surface area contributed by atoms with E-state index in [4.69, 9.17) is 5.11 Å². The Bertz CT molecular complexity index is 25.1. The van der Waals surface area contributed by atoms with Gasteiger partial charge in [0.2, 0.25) is 0 Å². The predicted octanol–water partition coefficient (Wildman–Crippen LogP) is 1.35. The van der Waals surface area contributed by atoms with Crippen LogP contribution >= 0.6 is 31.9 Å². The molecular weight excluding hydrogens is 207 g/mol. The van der Waals surface area contributed by atoms with E-state index in [2.05, 4.69) is 31.9 Å². The lowest BCUT2D eigenvalue weighted by Crippen LogP contribution is -1.95. The molecule has 0 amide bonds. The molecule has 0 aliphatic rings. The van der Waals surface area contributed by atoms with Crippen molar-refractivity contribution in [1.82, 2.24) is 0 Å². The van der Waals surface area contributed by atoms with Gasteiger partial charge in [0, 0.05) is 0 Å². The first-order valence-corrected chi connectivity index (χ1v) is 2.38. The summed E-state index contributed by atoms with van der Waals surface area (Å²) in [5.74, 6) is 0. The van der Waals surface area contributed by atoms with Crippen molar-refractivity contribution in [2.75, 3.05) is 0 Å². The van der Waals surface area contributed by atoms with Crippen molar-refractivity contribution in [1.29, 1.82) is 0 Å². The van der Waals surface area contributed by atoms with E-state index in [1.165, 1.54) is 0 Å². The van der Waals surface area contributed by atoms with Gasteiger partial charge in [0.15, 0.2) is 0 Å². The van der Waals surface area contributed by atoms with Gasteiger partial charge < -0.3 is 5.11 Å². The van der Waals surface area contributed by atoms with Gasteiger partial charge in [0.25, 0.3) is 0 Å². The summed E-state index contributed by atoms with van der Waals surface area (Å²) in [6, 6.07) is 0. The van der Waals surface area contributed by atoms with Crippen LogP contribution in [0.3, 0.4) is 0 Å². The van der Waals surface area contributed by atoms with E-state index >= 15 is 0 Å². The molecule has 0 unspecified atom stereocenters. The minimum absolute atomic E-state index is 2.18. The minimum atomic E-state index is -2.38. The topological polar surface area (TPSA) is 20.2 Å². The third kappa shape index (κ3) is 54.5. The number of alkyl halides is 3. The third-order valence-electron chi connectivity index (χ3n) is 0. The zero-order valence-electron chi connectivity index (χ0n) is 2.08. The van der Waals surface area contributed by atoms with E-state index in [1.807, 2.05) is 0 Å². The quantitative estimate of drug-likeness (QED) is 0.595. The summed E-state index contributed by atoms with van der Waals surface area (Å²) in [4.78, 5) is 0. The van der Waals surface area contributed by atoms with Gasteiger partial charge in [-0.15, -0.1) is 0 Å². The summed E-state index contributed by atoms with van der Waals surface area (Å²) in [5, 5.41) is 7.69. The Balaban J connectivity index is 3.02. The van der Waals surface area contributed by atoms with Crippen molar-refractivity contribution in [3.63, 3.8) is 0 Å². The van der Waals surface area contributed by atoms with Crippen LogP contribution in [0.2, 0.25) is 0 Å². The maximum absolute atomic E-state index is 11.1. The van der Waals surface area contributed by atoms with E-state index < -0.39 is 3.67 Å². The van der Waals surface area contributed by atoms with Crippen LogP contribution in [-0.2, 0) is 0 Å². The number of halogens is 3. The maximum atomic E-state index is 11.1. The van der Waals surface area contributed by atoms with E-state index in [0.717, 1.165) is 0 Å². The second-order valence-electron chi connectivity index (χ2n) is 0.468. The fraction of sp³-hybridized carbons (Fsp3) is 1.00. The summed E-state index contributed by atoms with van der Waals surface area (Å²) in [6.45, 7) is 0. The van der Waals surface area contributed by atoms with Crippen LogP contribution in [0.4, 0.5) is 4.39 Å². The molecule has 32 valence electrons. The Morgan fingerprint density at radius 3 is 1.60 bits per heavy atom. The van der Waals surface area contributed by atoms with Gasteiger partial charge in [0.05, 0.1) is 0 Å². The molecule has 1 nitrogen and oxygen atoms in total. The Morgan fingerprint density at radius 1 is 1.60 bits per heavy atom. The molecule has 0 fully saturated rings. The van der Waals surface area contributed by atoms with Gasteiger partial charge in [-0.25, -0.2) is 0 Å². The lowest BCUT2D eigenvalue weighted by atomic mass is 11.6. The lowest BCUT2D eigenvalue weighted by Gasteiger charge is -1.93. The standard InChI is InChI=1S/CHBr2FO/c2-1(3,4)5/h5H. The van der Waals surface area contributed by atoms with Crippen LogP contribution in [0.25, 0.3) is 0 Å². The monoisotopic (exact) mass is 206 g/mol. The molecule has 0 aromatic rings. The van der Waals surface area contributed by atoms with Crippen molar-refractivity contribution in [2.45, 2.75) is 3.67 Å². The van der Waals surface area contributed by atoms with Crippen LogP contribution < -0.4 is 0 Å². The lowest BCUT2D eigenvalue weighted by molar-refractivity contribution is 0.109. The van der Waals surface area contributed by atoms with E-state index in [1.54, 1.807) is 0 Å². The summed E-state index contributed by atoms with van der Waals surface area (Å²) < 4.78 is 8.70. The van der Waals surface area contributed by atoms with Crippen LogP contribution in [0.5, 0.6) is 0 Å². The van der Waals surface area contributed by atoms with Gasteiger partial charge in [-0.3, -0.25) is 0 Å². The first-order valence-electron chi connectivity index (χ1n) is 0.791. The zero-order valence-corrected chi connectivity index (χ0v) is 5.25. The van der Waals surface area contributed by atoms with Crippen LogP contribution in [0.1, 0.15) is 0 Å². The van der Waals surface area contributed by atoms with Gasteiger partial charge in [-0.05, 0) is 31.9 Å². The summed E-state index contributed by atoms with van der Waals surface area (Å²) in [7, 11) is 0. The largest absolute Gasteiger partial charge is 0.345 e. The molecule has 0 spiro atoms. The Hall–Kier alpha value is 0.850. The molecule has 0 saturated heterocycles. The molecule has 0 aromatic carbocycles. The highest BCUT2D eigenvalue weighted by Crippen LogP contribution is 2.22. The van der Waals surface area contributed by atoms with Crippen molar-refractivity contribution in [2.24, 2.45) is 0 Å². The van der Waals surface area contributed by atoms with E-state index in [-0.39, 0.29) is 0 Å².